The van der Waals surface area contributed by atoms with Gasteiger partial charge in [-0.15, -0.1) is 24.8 Å². The summed E-state index contributed by atoms with van der Waals surface area (Å²) in [6.45, 7) is 17.9. The number of allylic oxidation sites excluding steroid dienone is 1. The van der Waals surface area contributed by atoms with Crippen LogP contribution >= 0.6 is 24.8 Å². The van der Waals surface area contributed by atoms with Crippen LogP contribution in [0.25, 0.3) is 0 Å². The molecule has 0 aromatic carbocycles. The van der Waals surface area contributed by atoms with Crippen LogP contribution in [0.5, 0.6) is 0 Å². The molecule has 4 aliphatic rings. The highest BCUT2D eigenvalue weighted by Crippen LogP contribution is 2.67. The molecule has 0 saturated heterocycles. The average Bonchev–Trinajstić information content (AvgIpc) is 3.46. The quantitative estimate of drug-likeness (QED) is 0.0647. The summed E-state index contributed by atoms with van der Waals surface area (Å²) in [6.07, 6.45) is 25.5. The number of carbonyl (C=O) groups is 2. The third-order valence-electron chi connectivity index (χ3n) is 15.2. The van der Waals surface area contributed by atoms with Gasteiger partial charge in [-0.25, -0.2) is 0 Å². The van der Waals surface area contributed by atoms with Crippen LogP contribution < -0.4 is 11.5 Å². The zero-order chi connectivity index (χ0) is 37.0. The zero-order valence-corrected chi connectivity index (χ0v) is 36.6. The Morgan fingerprint density at radius 2 is 1.51 bits per heavy atom. The van der Waals surface area contributed by atoms with Crippen molar-refractivity contribution in [2.75, 3.05) is 26.2 Å². The number of nitrogens with zero attached hydrogens (tertiary/aromatic N) is 1. The maximum absolute atomic E-state index is 13.1. The van der Waals surface area contributed by atoms with Gasteiger partial charge in [0.1, 0.15) is 6.10 Å². The van der Waals surface area contributed by atoms with E-state index in [2.05, 4.69) is 47.6 Å². The van der Waals surface area contributed by atoms with Crippen molar-refractivity contribution in [1.29, 1.82) is 0 Å². The molecule has 0 unspecified atom stereocenters. The summed E-state index contributed by atoms with van der Waals surface area (Å²) < 4.78 is 6.11. The van der Waals surface area contributed by atoms with E-state index in [0.717, 1.165) is 99.5 Å². The van der Waals surface area contributed by atoms with E-state index in [1.54, 1.807) is 5.57 Å². The van der Waals surface area contributed by atoms with Gasteiger partial charge in [-0.2, -0.15) is 0 Å². The van der Waals surface area contributed by atoms with E-state index in [0.29, 0.717) is 37.8 Å². The minimum absolute atomic E-state index is 0. The second-order valence-corrected chi connectivity index (χ2v) is 18.6. The molecule has 8 heteroatoms. The first-order valence-corrected chi connectivity index (χ1v) is 22.0. The molecule has 9 atom stereocenters. The average molecular weight is 785 g/mol. The van der Waals surface area contributed by atoms with Crippen molar-refractivity contribution in [3.05, 3.63) is 11.6 Å². The highest BCUT2D eigenvalue weighted by molar-refractivity contribution is 5.85. The first-order chi connectivity index (χ1) is 24.5. The molecule has 6 nitrogen and oxygen atoms in total. The van der Waals surface area contributed by atoms with Crippen LogP contribution in [0, 0.1) is 52.3 Å². The van der Waals surface area contributed by atoms with Gasteiger partial charge in [0.2, 0.25) is 5.91 Å². The van der Waals surface area contributed by atoms with Gasteiger partial charge in [0.25, 0.3) is 0 Å². The van der Waals surface area contributed by atoms with Crippen LogP contribution in [0.4, 0.5) is 0 Å². The number of rotatable bonds is 22. The first kappa shape index (κ1) is 48.3. The van der Waals surface area contributed by atoms with E-state index in [1.165, 1.54) is 70.6 Å². The third-order valence-corrected chi connectivity index (χ3v) is 15.2. The summed E-state index contributed by atoms with van der Waals surface area (Å²) >= 11 is 0. The lowest BCUT2D eigenvalue weighted by molar-refractivity contribution is -0.151. The van der Waals surface area contributed by atoms with Crippen molar-refractivity contribution in [3.63, 3.8) is 0 Å². The molecule has 4 aliphatic carbocycles. The lowest BCUT2D eigenvalue weighted by Gasteiger charge is -2.58. The number of ether oxygens (including phenoxy) is 1. The van der Waals surface area contributed by atoms with Gasteiger partial charge in [-0.05, 0) is 142 Å². The number of amides is 1. The van der Waals surface area contributed by atoms with E-state index in [4.69, 9.17) is 16.2 Å². The van der Waals surface area contributed by atoms with Gasteiger partial charge in [0, 0.05) is 32.4 Å². The van der Waals surface area contributed by atoms with Gasteiger partial charge in [0.15, 0.2) is 0 Å². The largest absolute Gasteiger partial charge is 0.462 e. The van der Waals surface area contributed by atoms with Crippen molar-refractivity contribution in [2.45, 2.75) is 182 Å². The molecule has 0 radical (unpaired) electrons. The fourth-order valence-corrected chi connectivity index (χ4v) is 12.0. The van der Waals surface area contributed by atoms with Crippen molar-refractivity contribution in [1.82, 2.24) is 4.90 Å². The molecule has 53 heavy (non-hydrogen) atoms. The summed E-state index contributed by atoms with van der Waals surface area (Å²) in [5, 5.41) is 0. The molecule has 0 spiro atoms. The summed E-state index contributed by atoms with van der Waals surface area (Å²) in [5.41, 5.74) is 13.7. The molecule has 0 aromatic heterocycles. The Kier molecular flexibility index (Phi) is 21.4. The third kappa shape index (κ3) is 12.6. The molecule has 3 fully saturated rings. The van der Waals surface area contributed by atoms with Crippen LogP contribution in [-0.4, -0.2) is 49.1 Å². The number of carbonyl (C=O) groups excluding carboxylic acids is 2. The SMILES string of the molecule is CC[C@H](CC[C@@H](C)[C@H]1CC[C@H]2[C@@H]3CC=C4C[C@@H](OC(=O)CCCC(=O)N(CCCN)CCCCCCCCN)CC[C@]4(C)[C@H]3CC[C@]12C)C(C)C.Cl.Cl. The standard InChI is InChI=1S/C45H81N3O3.2ClH/c1-7-35(33(2)3)19-18-34(4)39-22-23-40-38-21-20-36-32-37(24-26-44(36,5)41(38)25-27-45(39,40)6)51-43(50)17-14-16-42(49)48(31-15-29-47)30-13-11-9-8-10-12-28-46;;/h20,33-35,37-41H,7-19,21-32,46-47H2,1-6H3;2*1H/t34-,35-,37+,38+,39-,40+,41+,44+,45-;;/m1../s1. The fourth-order valence-electron chi connectivity index (χ4n) is 12.0. The Bertz CT molecular complexity index is 1120. The number of fused-ring (bicyclic) bond motifs is 5. The minimum atomic E-state index is -0.130. The Hall–Kier alpha value is -0.820. The summed E-state index contributed by atoms with van der Waals surface area (Å²) in [7, 11) is 0. The van der Waals surface area contributed by atoms with E-state index in [-0.39, 0.29) is 48.2 Å². The van der Waals surface area contributed by atoms with Crippen LogP contribution in [0.3, 0.4) is 0 Å². The zero-order valence-electron chi connectivity index (χ0n) is 35.0. The molecule has 0 bridgehead atoms. The Balaban J connectivity index is 0.00000486. The summed E-state index contributed by atoms with van der Waals surface area (Å²) in [4.78, 5) is 28.1. The number of unbranched alkanes of at least 4 members (excludes halogenated alkanes) is 5. The van der Waals surface area contributed by atoms with Gasteiger partial charge >= 0.3 is 5.97 Å². The number of hydrogen-bond donors (Lipinski definition) is 2. The van der Waals surface area contributed by atoms with E-state index in [1.807, 2.05) is 4.90 Å². The maximum atomic E-state index is 13.1. The minimum Gasteiger partial charge on any atom is -0.462 e. The van der Waals surface area contributed by atoms with Crippen molar-refractivity contribution in [3.8, 4) is 0 Å². The molecule has 1 amide bonds. The number of esters is 1. The lowest BCUT2D eigenvalue weighted by Crippen LogP contribution is -2.51. The van der Waals surface area contributed by atoms with Crippen molar-refractivity contribution in [2.24, 2.45) is 63.7 Å². The predicted octanol–water partition coefficient (Wildman–Crippen LogP) is 11.1. The molecule has 4 N–H and O–H groups in total. The number of halogens is 2. The molecule has 310 valence electrons. The Morgan fingerprint density at radius 1 is 0.830 bits per heavy atom. The second kappa shape index (κ2) is 23.4. The topological polar surface area (TPSA) is 98.7 Å². The number of hydrogen-bond acceptors (Lipinski definition) is 5. The highest BCUT2D eigenvalue weighted by Gasteiger charge is 2.59. The van der Waals surface area contributed by atoms with Crippen LogP contribution in [-0.2, 0) is 14.3 Å². The summed E-state index contributed by atoms with van der Waals surface area (Å²) in [5.74, 6) is 5.86. The fraction of sp³-hybridized carbons (Fsp3) is 0.911. The molecule has 3 saturated carbocycles. The molecular weight excluding hydrogens is 701 g/mol. The van der Waals surface area contributed by atoms with Crippen LogP contribution in [0.1, 0.15) is 176 Å². The van der Waals surface area contributed by atoms with E-state index >= 15 is 0 Å². The highest BCUT2D eigenvalue weighted by atomic mass is 35.5. The maximum Gasteiger partial charge on any atom is 0.306 e. The lowest BCUT2D eigenvalue weighted by atomic mass is 9.47. The number of nitrogens with two attached hydrogens (primary N) is 2. The predicted molar refractivity (Wildman–Crippen MR) is 227 cm³/mol. The van der Waals surface area contributed by atoms with Crippen molar-refractivity contribution >= 4 is 36.7 Å². The van der Waals surface area contributed by atoms with Crippen LogP contribution in [0.2, 0.25) is 0 Å². The van der Waals surface area contributed by atoms with Gasteiger partial charge in [-0.3, -0.25) is 9.59 Å². The second-order valence-electron chi connectivity index (χ2n) is 18.6. The molecule has 0 aromatic rings. The first-order valence-electron chi connectivity index (χ1n) is 22.0. The summed E-state index contributed by atoms with van der Waals surface area (Å²) in [6, 6.07) is 0. The van der Waals surface area contributed by atoms with Gasteiger partial charge < -0.3 is 21.1 Å². The Labute approximate surface area is 338 Å². The van der Waals surface area contributed by atoms with Gasteiger partial charge in [-0.1, -0.05) is 91.7 Å². The molecule has 4 rings (SSSR count). The smallest absolute Gasteiger partial charge is 0.306 e. The molecular formula is C45H83Cl2N3O3. The normalized spacial score (nSPS) is 30.1. The monoisotopic (exact) mass is 784 g/mol. The Morgan fingerprint density at radius 3 is 2.19 bits per heavy atom. The van der Waals surface area contributed by atoms with E-state index in [9.17, 15) is 9.59 Å². The van der Waals surface area contributed by atoms with Gasteiger partial charge in [0.05, 0.1) is 0 Å². The van der Waals surface area contributed by atoms with Crippen molar-refractivity contribution < 1.29 is 14.3 Å². The van der Waals surface area contributed by atoms with Crippen LogP contribution in [0.15, 0.2) is 11.6 Å². The molecule has 0 heterocycles. The molecule has 0 aliphatic heterocycles. The van der Waals surface area contributed by atoms with E-state index < -0.39 is 0 Å².